The first-order valence-corrected chi connectivity index (χ1v) is 9.49. The topological polar surface area (TPSA) is 41.9 Å². The van der Waals surface area contributed by atoms with Gasteiger partial charge >= 0.3 is 6.18 Å². The van der Waals surface area contributed by atoms with Crippen LogP contribution in [0.15, 0.2) is 59.9 Å². The van der Waals surface area contributed by atoms with E-state index in [1.165, 1.54) is 24.1 Å². The Balaban J connectivity index is 1.93. The molecule has 28 heavy (non-hydrogen) atoms. The molecule has 1 atom stereocenters. The maximum Gasteiger partial charge on any atom is 0.416 e. The summed E-state index contributed by atoms with van der Waals surface area (Å²) >= 11 is 1.48. The van der Waals surface area contributed by atoms with Crippen molar-refractivity contribution in [1.82, 2.24) is 14.3 Å². The van der Waals surface area contributed by atoms with E-state index in [1.54, 1.807) is 12.4 Å². The minimum absolute atomic E-state index is 0.312. The molecule has 0 saturated heterocycles. The maximum absolute atomic E-state index is 13.0. The molecule has 0 radical (unpaired) electrons. The van der Waals surface area contributed by atoms with E-state index < -0.39 is 11.7 Å². The minimum Gasteiger partial charge on any atom is -0.378 e. The average molecular weight is 406 g/mol. The molecule has 2 aromatic carbocycles. The number of hydrogen-bond donors (Lipinski definition) is 2. The first-order chi connectivity index (χ1) is 13.3. The number of nitrogens with zero attached hydrogens (tertiary/aromatic N) is 2. The third kappa shape index (κ3) is 4.69. The van der Waals surface area contributed by atoms with Crippen LogP contribution in [0.2, 0.25) is 0 Å². The Morgan fingerprint density at radius 3 is 2.57 bits per heavy atom. The van der Waals surface area contributed by atoms with Crippen molar-refractivity contribution in [2.75, 3.05) is 12.4 Å². The lowest BCUT2D eigenvalue weighted by Crippen LogP contribution is -2.10. The molecule has 1 unspecified atom stereocenters. The molecule has 3 rings (SSSR count). The van der Waals surface area contributed by atoms with Gasteiger partial charge in [0.15, 0.2) is 0 Å². The van der Waals surface area contributed by atoms with Gasteiger partial charge in [-0.15, -0.1) is 0 Å². The summed E-state index contributed by atoms with van der Waals surface area (Å²) in [5, 5.41) is 3.34. The Kier molecular flexibility index (Phi) is 6.00. The minimum atomic E-state index is -4.36. The predicted octanol–water partition coefficient (Wildman–Crippen LogP) is 5.51. The highest BCUT2D eigenvalue weighted by Gasteiger charge is 2.30. The number of aryl methyl sites for hydroxylation is 1. The van der Waals surface area contributed by atoms with Crippen LogP contribution in [0.3, 0.4) is 0 Å². The Bertz CT molecular complexity index is 953. The van der Waals surface area contributed by atoms with Crippen molar-refractivity contribution in [3.05, 3.63) is 66.1 Å². The van der Waals surface area contributed by atoms with Crippen LogP contribution in [-0.4, -0.2) is 16.6 Å². The van der Waals surface area contributed by atoms with Crippen LogP contribution >= 0.6 is 11.9 Å². The Morgan fingerprint density at radius 2 is 1.93 bits per heavy atom. The SMILES string of the molecule is CNSc1ccc(NC(C)c2cccc(C(F)(F)F)c2)c(-c2cn(C)cn2)c1. The van der Waals surface area contributed by atoms with Crippen molar-refractivity contribution in [3.8, 4) is 11.3 Å². The van der Waals surface area contributed by atoms with Crippen LogP contribution < -0.4 is 10.0 Å². The van der Waals surface area contributed by atoms with E-state index in [2.05, 4.69) is 15.0 Å². The van der Waals surface area contributed by atoms with Gasteiger partial charge in [-0.05, 0) is 61.8 Å². The fraction of sp³-hybridized carbons (Fsp3) is 0.250. The van der Waals surface area contributed by atoms with Crippen molar-refractivity contribution >= 4 is 17.6 Å². The van der Waals surface area contributed by atoms with Gasteiger partial charge in [-0.2, -0.15) is 13.2 Å². The van der Waals surface area contributed by atoms with Crippen LogP contribution in [0.1, 0.15) is 24.1 Å². The molecule has 1 aromatic heterocycles. The van der Waals surface area contributed by atoms with Crippen molar-refractivity contribution in [2.24, 2.45) is 7.05 Å². The van der Waals surface area contributed by atoms with Crippen LogP contribution in [0.25, 0.3) is 11.3 Å². The summed E-state index contributed by atoms with van der Waals surface area (Å²) in [6.45, 7) is 1.84. The number of aromatic nitrogens is 2. The molecule has 4 nitrogen and oxygen atoms in total. The van der Waals surface area contributed by atoms with Gasteiger partial charge in [-0.25, -0.2) is 4.98 Å². The summed E-state index contributed by atoms with van der Waals surface area (Å²) in [6, 6.07) is 11.0. The number of halogens is 3. The summed E-state index contributed by atoms with van der Waals surface area (Å²) in [6.07, 6.45) is -0.739. The van der Waals surface area contributed by atoms with E-state index in [4.69, 9.17) is 0 Å². The smallest absolute Gasteiger partial charge is 0.378 e. The lowest BCUT2D eigenvalue weighted by Gasteiger charge is -2.20. The fourth-order valence-electron chi connectivity index (χ4n) is 2.90. The number of imidazole rings is 1. The second-order valence-electron chi connectivity index (χ2n) is 6.43. The Morgan fingerprint density at radius 1 is 1.14 bits per heavy atom. The summed E-state index contributed by atoms with van der Waals surface area (Å²) in [5.74, 6) is 0. The zero-order valence-corrected chi connectivity index (χ0v) is 16.5. The van der Waals surface area contributed by atoms with Crippen molar-refractivity contribution in [1.29, 1.82) is 0 Å². The number of alkyl halides is 3. The molecule has 0 saturated carbocycles. The molecule has 0 bridgehead atoms. The van der Waals surface area contributed by atoms with E-state index in [-0.39, 0.29) is 6.04 Å². The van der Waals surface area contributed by atoms with Gasteiger partial charge in [-0.3, -0.25) is 4.72 Å². The molecule has 1 heterocycles. The van der Waals surface area contributed by atoms with Crippen molar-refractivity contribution < 1.29 is 13.2 Å². The van der Waals surface area contributed by atoms with Crippen LogP contribution in [-0.2, 0) is 13.2 Å². The molecule has 148 valence electrons. The van der Waals surface area contributed by atoms with E-state index >= 15 is 0 Å². The predicted molar refractivity (Wildman–Crippen MR) is 107 cm³/mol. The zero-order chi connectivity index (χ0) is 20.3. The summed E-state index contributed by atoms with van der Waals surface area (Å²) in [5.41, 5.74) is 2.41. The monoisotopic (exact) mass is 406 g/mol. The standard InChI is InChI=1S/C20H21F3N4S/c1-13(14-5-4-6-15(9-14)20(21,22)23)26-18-8-7-16(28-24-2)10-17(18)19-11-27(3)12-25-19/h4-13,24,26H,1-3H3. The second kappa shape index (κ2) is 8.28. The van der Waals surface area contributed by atoms with E-state index in [9.17, 15) is 13.2 Å². The maximum atomic E-state index is 13.0. The Labute approximate surface area is 166 Å². The quantitative estimate of drug-likeness (QED) is 0.530. The highest BCUT2D eigenvalue weighted by molar-refractivity contribution is 7.97. The molecular weight excluding hydrogens is 385 g/mol. The van der Waals surface area contributed by atoms with Gasteiger partial charge in [-0.1, -0.05) is 12.1 Å². The molecule has 0 spiro atoms. The molecule has 0 fully saturated rings. The summed E-state index contributed by atoms with van der Waals surface area (Å²) < 4.78 is 44.0. The van der Waals surface area contributed by atoms with Gasteiger partial charge in [0.2, 0.25) is 0 Å². The van der Waals surface area contributed by atoms with E-state index in [1.807, 2.05) is 50.0 Å². The molecule has 3 aromatic rings. The van der Waals surface area contributed by atoms with Gasteiger partial charge in [0, 0.05) is 35.4 Å². The van der Waals surface area contributed by atoms with Gasteiger partial charge in [0.05, 0.1) is 17.6 Å². The van der Waals surface area contributed by atoms with Crippen molar-refractivity contribution in [2.45, 2.75) is 24.0 Å². The highest BCUT2D eigenvalue weighted by Crippen LogP contribution is 2.34. The van der Waals surface area contributed by atoms with E-state index in [0.29, 0.717) is 5.56 Å². The van der Waals surface area contributed by atoms with Crippen LogP contribution in [0.4, 0.5) is 18.9 Å². The van der Waals surface area contributed by atoms with Gasteiger partial charge < -0.3 is 9.88 Å². The number of nitrogens with one attached hydrogen (secondary N) is 2. The van der Waals surface area contributed by atoms with E-state index in [0.717, 1.165) is 27.9 Å². The van der Waals surface area contributed by atoms with Gasteiger partial charge in [0.25, 0.3) is 0 Å². The summed E-state index contributed by atoms with van der Waals surface area (Å²) in [7, 11) is 3.73. The number of benzene rings is 2. The molecule has 0 amide bonds. The zero-order valence-electron chi connectivity index (χ0n) is 15.7. The Hall–Kier alpha value is -2.45. The molecule has 2 N–H and O–H groups in total. The molecule has 0 aliphatic carbocycles. The lowest BCUT2D eigenvalue weighted by molar-refractivity contribution is -0.137. The van der Waals surface area contributed by atoms with Crippen molar-refractivity contribution in [3.63, 3.8) is 0 Å². The van der Waals surface area contributed by atoms with Gasteiger partial charge in [0.1, 0.15) is 0 Å². The fourth-order valence-corrected chi connectivity index (χ4v) is 3.44. The highest BCUT2D eigenvalue weighted by atomic mass is 32.2. The third-order valence-corrected chi connectivity index (χ3v) is 4.97. The average Bonchev–Trinajstić information content (AvgIpc) is 3.09. The van der Waals surface area contributed by atoms with Crippen LogP contribution in [0.5, 0.6) is 0 Å². The largest absolute Gasteiger partial charge is 0.416 e. The molecular formula is C20H21F3N4S. The molecule has 0 aliphatic rings. The lowest BCUT2D eigenvalue weighted by atomic mass is 10.0. The first-order valence-electron chi connectivity index (χ1n) is 8.67. The number of hydrogen-bond acceptors (Lipinski definition) is 4. The number of anilines is 1. The molecule has 0 aliphatic heterocycles. The second-order valence-corrected chi connectivity index (χ2v) is 7.51. The number of rotatable bonds is 6. The third-order valence-electron chi connectivity index (χ3n) is 4.28. The van der Waals surface area contributed by atoms with Crippen LogP contribution in [0, 0.1) is 0 Å². The first kappa shape index (κ1) is 20.3. The normalized spacial score (nSPS) is 12.8. The summed E-state index contributed by atoms with van der Waals surface area (Å²) in [4.78, 5) is 5.43. The molecule has 8 heteroatoms.